The van der Waals surface area contributed by atoms with E-state index in [9.17, 15) is 9.59 Å². The molecule has 1 atom stereocenters. The second-order valence-electron chi connectivity index (χ2n) is 4.03. The Bertz CT molecular complexity index is 405. The van der Waals surface area contributed by atoms with Gasteiger partial charge in [0.2, 0.25) is 0 Å². The van der Waals surface area contributed by atoms with Gasteiger partial charge in [0.15, 0.2) is 0 Å². The highest BCUT2D eigenvalue weighted by atomic mass is 79.9. The minimum absolute atomic E-state index is 0.263. The summed E-state index contributed by atoms with van der Waals surface area (Å²) >= 11 is 3.26. The van der Waals surface area contributed by atoms with Gasteiger partial charge in [0, 0.05) is 6.42 Å². The Morgan fingerprint density at radius 3 is 2.58 bits per heavy atom. The first kappa shape index (κ1) is 15.7. The van der Waals surface area contributed by atoms with Gasteiger partial charge in [0.05, 0.1) is 7.11 Å². The average Bonchev–Trinajstić information content (AvgIpc) is 2.45. The molecule has 0 saturated heterocycles. The lowest BCUT2D eigenvalue weighted by atomic mass is 10.2. The zero-order valence-corrected chi connectivity index (χ0v) is 12.4. The number of methoxy groups -OCH3 is 1. The summed E-state index contributed by atoms with van der Waals surface area (Å²) < 4.78 is 9.70. The zero-order chi connectivity index (χ0) is 14.1. The van der Waals surface area contributed by atoms with Crippen molar-refractivity contribution in [3.63, 3.8) is 0 Å². The van der Waals surface area contributed by atoms with Crippen LogP contribution in [0.5, 0.6) is 0 Å². The Morgan fingerprint density at radius 1 is 1.26 bits per heavy atom. The normalized spacial score (nSPS) is 11.7. The molecule has 0 saturated carbocycles. The van der Waals surface area contributed by atoms with E-state index in [2.05, 4.69) is 20.7 Å². The number of benzene rings is 1. The first-order valence-corrected chi connectivity index (χ1v) is 6.96. The molecular formula is C14H17BrO4. The van der Waals surface area contributed by atoms with Gasteiger partial charge in [0.1, 0.15) is 11.4 Å². The zero-order valence-electron chi connectivity index (χ0n) is 10.8. The molecule has 104 valence electrons. The average molecular weight is 329 g/mol. The van der Waals surface area contributed by atoms with Crippen LogP contribution in [0.15, 0.2) is 30.3 Å². The summed E-state index contributed by atoms with van der Waals surface area (Å²) in [5.41, 5.74) is 0.949. The molecule has 19 heavy (non-hydrogen) atoms. The van der Waals surface area contributed by atoms with Gasteiger partial charge in [-0.1, -0.05) is 46.3 Å². The Kier molecular flexibility index (Phi) is 7.18. The highest BCUT2D eigenvalue weighted by Gasteiger charge is 2.16. The Balaban J connectivity index is 2.23. The lowest BCUT2D eigenvalue weighted by Gasteiger charge is -2.09. The summed E-state index contributed by atoms with van der Waals surface area (Å²) in [4.78, 5) is 22.2. The van der Waals surface area contributed by atoms with Crippen molar-refractivity contribution in [1.29, 1.82) is 0 Å². The molecule has 1 aromatic rings. The summed E-state index contributed by atoms with van der Waals surface area (Å²) in [6.07, 6.45) is 1.44. The van der Waals surface area contributed by atoms with E-state index in [1.807, 2.05) is 30.3 Å². The molecule has 5 heteroatoms. The van der Waals surface area contributed by atoms with Crippen molar-refractivity contribution in [2.75, 3.05) is 7.11 Å². The van der Waals surface area contributed by atoms with Crippen molar-refractivity contribution in [1.82, 2.24) is 0 Å². The molecule has 0 radical (unpaired) electrons. The number of hydrogen-bond donors (Lipinski definition) is 0. The molecule has 4 nitrogen and oxygen atoms in total. The molecule has 1 rings (SSSR count). The van der Waals surface area contributed by atoms with E-state index in [1.165, 1.54) is 7.11 Å². The summed E-state index contributed by atoms with van der Waals surface area (Å²) in [5.74, 6) is -0.578. The van der Waals surface area contributed by atoms with Crippen molar-refractivity contribution in [3.8, 4) is 0 Å². The first-order valence-electron chi connectivity index (χ1n) is 6.05. The fraction of sp³-hybridized carbons (Fsp3) is 0.429. The molecule has 0 spiro atoms. The third kappa shape index (κ3) is 6.38. The number of alkyl halides is 1. The van der Waals surface area contributed by atoms with Crippen molar-refractivity contribution < 1.29 is 19.1 Å². The predicted octanol–water partition coefficient (Wildman–Crippen LogP) is 2.84. The highest BCUT2D eigenvalue weighted by Crippen LogP contribution is 2.13. The smallest absolute Gasteiger partial charge is 0.320 e. The molecular weight excluding hydrogens is 312 g/mol. The SMILES string of the molecule is COC(=O)CCCC(Br)C(=O)OCc1ccccc1. The van der Waals surface area contributed by atoms with Crippen LogP contribution in [0.4, 0.5) is 0 Å². The van der Waals surface area contributed by atoms with Crippen molar-refractivity contribution in [2.24, 2.45) is 0 Å². The van der Waals surface area contributed by atoms with Gasteiger partial charge in [-0.3, -0.25) is 9.59 Å². The fourth-order valence-electron chi connectivity index (χ4n) is 1.46. The Morgan fingerprint density at radius 2 is 1.95 bits per heavy atom. The molecule has 0 aromatic heterocycles. The number of hydrogen-bond acceptors (Lipinski definition) is 4. The number of carbonyl (C=O) groups excluding carboxylic acids is 2. The van der Waals surface area contributed by atoms with Crippen LogP contribution in [0.25, 0.3) is 0 Å². The molecule has 1 unspecified atom stereocenters. The van der Waals surface area contributed by atoms with Crippen LogP contribution in [-0.4, -0.2) is 23.9 Å². The molecule has 0 fully saturated rings. The number of rotatable bonds is 7. The van der Waals surface area contributed by atoms with Crippen LogP contribution in [-0.2, 0) is 25.7 Å². The standard InChI is InChI=1S/C14H17BrO4/c1-18-13(16)9-5-8-12(15)14(17)19-10-11-6-3-2-4-7-11/h2-4,6-7,12H,5,8-10H2,1H3. The Labute approximate surface area is 121 Å². The maximum Gasteiger partial charge on any atom is 0.320 e. The number of carbonyl (C=O) groups is 2. The van der Waals surface area contributed by atoms with E-state index in [-0.39, 0.29) is 23.4 Å². The number of ether oxygens (including phenoxy) is 2. The van der Waals surface area contributed by atoms with Gasteiger partial charge in [-0.05, 0) is 18.4 Å². The summed E-state index contributed by atoms with van der Waals surface area (Å²) in [5, 5.41) is 0. The fourth-order valence-corrected chi connectivity index (χ4v) is 1.92. The largest absolute Gasteiger partial charge is 0.469 e. The quantitative estimate of drug-likeness (QED) is 0.570. The van der Waals surface area contributed by atoms with Crippen LogP contribution in [0.2, 0.25) is 0 Å². The van der Waals surface area contributed by atoms with E-state index in [4.69, 9.17) is 4.74 Å². The van der Waals surface area contributed by atoms with Gasteiger partial charge >= 0.3 is 11.9 Å². The van der Waals surface area contributed by atoms with Crippen molar-refractivity contribution in [2.45, 2.75) is 30.7 Å². The minimum Gasteiger partial charge on any atom is -0.469 e. The summed E-state index contributed by atoms with van der Waals surface area (Å²) in [6, 6.07) is 9.49. The maximum atomic E-state index is 11.7. The van der Waals surface area contributed by atoms with Crippen LogP contribution in [0.1, 0.15) is 24.8 Å². The predicted molar refractivity (Wildman–Crippen MR) is 74.8 cm³/mol. The lowest BCUT2D eigenvalue weighted by Crippen LogP contribution is -2.17. The van der Waals surface area contributed by atoms with Gasteiger partial charge < -0.3 is 9.47 Å². The molecule has 0 heterocycles. The molecule has 0 amide bonds. The molecule has 0 bridgehead atoms. The minimum atomic E-state index is -0.388. The van der Waals surface area contributed by atoms with Crippen molar-refractivity contribution >= 4 is 27.9 Å². The van der Waals surface area contributed by atoms with E-state index >= 15 is 0 Å². The second kappa shape index (κ2) is 8.69. The second-order valence-corrected chi connectivity index (χ2v) is 5.13. The van der Waals surface area contributed by atoms with Gasteiger partial charge in [-0.2, -0.15) is 0 Å². The van der Waals surface area contributed by atoms with Crippen molar-refractivity contribution in [3.05, 3.63) is 35.9 Å². The molecule has 1 aromatic carbocycles. The maximum absolute atomic E-state index is 11.7. The van der Waals surface area contributed by atoms with Crippen LogP contribution < -0.4 is 0 Å². The Hall–Kier alpha value is -1.36. The molecule has 0 aliphatic heterocycles. The van der Waals surface area contributed by atoms with E-state index in [0.29, 0.717) is 19.3 Å². The van der Waals surface area contributed by atoms with Gasteiger partial charge in [-0.15, -0.1) is 0 Å². The van der Waals surface area contributed by atoms with Gasteiger partial charge in [-0.25, -0.2) is 0 Å². The number of halogens is 1. The lowest BCUT2D eigenvalue weighted by molar-refractivity contribution is -0.145. The van der Waals surface area contributed by atoms with E-state index in [1.54, 1.807) is 0 Å². The molecule has 0 N–H and O–H groups in total. The van der Waals surface area contributed by atoms with E-state index in [0.717, 1.165) is 5.56 Å². The van der Waals surface area contributed by atoms with E-state index < -0.39 is 0 Å². The van der Waals surface area contributed by atoms with Gasteiger partial charge in [0.25, 0.3) is 0 Å². The molecule has 0 aliphatic rings. The highest BCUT2D eigenvalue weighted by molar-refractivity contribution is 9.10. The summed E-state index contributed by atoms with van der Waals surface area (Å²) in [6.45, 7) is 0.263. The van der Waals surface area contributed by atoms with Crippen LogP contribution >= 0.6 is 15.9 Å². The topological polar surface area (TPSA) is 52.6 Å². The third-order valence-electron chi connectivity index (χ3n) is 2.55. The summed E-state index contributed by atoms with van der Waals surface area (Å²) in [7, 11) is 1.35. The third-order valence-corrected chi connectivity index (χ3v) is 3.38. The molecule has 0 aliphatic carbocycles. The number of esters is 2. The van der Waals surface area contributed by atoms with Crippen LogP contribution in [0.3, 0.4) is 0 Å². The first-order chi connectivity index (χ1) is 9.13. The van der Waals surface area contributed by atoms with Crippen LogP contribution in [0, 0.1) is 0 Å². The monoisotopic (exact) mass is 328 g/mol.